The number of nitrogens with one attached hydrogen (secondary N) is 2. The molecule has 112 valence electrons. The van der Waals surface area contributed by atoms with Crippen LogP contribution in [0.1, 0.15) is 16.8 Å². The molecule has 0 aliphatic heterocycles. The molecule has 0 bridgehead atoms. The van der Waals surface area contributed by atoms with E-state index < -0.39 is 5.91 Å². The number of aromatic amines is 1. The lowest BCUT2D eigenvalue weighted by atomic mass is 10.1. The fourth-order valence-electron chi connectivity index (χ4n) is 1.77. The molecule has 1 heterocycles. The van der Waals surface area contributed by atoms with Crippen molar-refractivity contribution in [2.75, 3.05) is 6.54 Å². The van der Waals surface area contributed by atoms with Gasteiger partial charge in [0.25, 0.3) is 5.91 Å². The first kappa shape index (κ1) is 16.5. The van der Waals surface area contributed by atoms with E-state index in [1.54, 1.807) is 6.20 Å². The SMILES string of the molecule is Cl.NC(=O)CCN=C(N)NC(=O)c1c[nH]c2ccccc12. The molecular weight excluding hydrogens is 294 g/mol. The zero-order chi connectivity index (χ0) is 14.5. The van der Waals surface area contributed by atoms with E-state index in [2.05, 4.69) is 15.3 Å². The van der Waals surface area contributed by atoms with Crippen molar-refractivity contribution in [1.29, 1.82) is 0 Å². The van der Waals surface area contributed by atoms with Gasteiger partial charge in [0, 0.05) is 23.5 Å². The van der Waals surface area contributed by atoms with Crippen molar-refractivity contribution in [2.45, 2.75) is 6.42 Å². The average molecular weight is 310 g/mol. The zero-order valence-electron chi connectivity index (χ0n) is 11.1. The van der Waals surface area contributed by atoms with Gasteiger partial charge in [0.05, 0.1) is 12.1 Å². The molecule has 1 aromatic heterocycles. The van der Waals surface area contributed by atoms with Gasteiger partial charge in [-0.3, -0.25) is 19.9 Å². The second-order valence-corrected chi connectivity index (χ2v) is 4.19. The van der Waals surface area contributed by atoms with Crippen LogP contribution in [0.5, 0.6) is 0 Å². The number of carbonyl (C=O) groups excluding carboxylic acids is 2. The highest BCUT2D eigenvalue weighted by Gasteiger charge is 2.12. The number of nitrogens with two attached hydrogens (primary N) is 2. The minimum absolute atomic E-state index is 0. The van der Waals surface area contributed by atoms with Crippen molar-refractivity contribution in [3.8, 4) is 0 Å². The Kier molecular flexibility index (Phi) is 5.74. The highest BCUT2D eigenvalue weighted by atomic mass is 35.5. The Morgan fingerprint density at radius 2 is 1.95 bits per heavy atom. The highest BCUT2D eigenvalue weighted by molar-refractivity contribution is 6.12. The minimum Gasteiger partial charge on any atom is -0.370 e. The van der Waals surface area contributed by atoms with Gasteiger partial charge in [-0.15, -0.1) is 12.4 Å². The molecule has 2 amide bonds. The van der Waals surface area contributed by atoms with Gasteiger partial charge in [-0.05, 0) is 6.07 Å². The molecule has 0 aliphatic carbocycles. The number of hydrogen-bond donors (Lipinski definition) is 4. The molecular formula is C13H16ClN5O2. The topological polar surface area (TPSA) is 126 Å². The summed E-state index contributed by atoms with van der Waals surface area (Å²) in [5, 5.41) is 3.27. The fourth-order valence-corrected chi connectivity index (χ4v) is 1.77. The summed E-state index contributed by atoms with van der Waals surface area (Å²) in [5.41, 5.74) is 11.9. The third-order valence-corrected chi connectivity index (χ3v) is 2.72. The molecule has 0 atom stereocenters. The van der Waals surface area contributed by atoms with Crippen LogP contribution in [0, 0.1) is 0 Å². The second-order valence-electron chi connectivity index (χ2n) is 4.19. The Morgan fingerprint density at radius 1 is 1.24 bits per heavy atom. The molecule has 0 radical (unpaired) electrons. The Bertz CT molecular complexity index is 680. The number of aliphatic imine (C=N–C) groups is 1. The summed E-state index contributed by atoms with van der Waals surface area (Å²) in [6.45, 7) is 0.148. The van der Waals surface area contributed by atoms with E-state index in [1.165, 1.54) is 0 Å². The maximum atomic E-state index is 12.0. The quantitative estimate of drug-likeness (QED) is 0.485. The van der Waals surface area contributed by atoms with E-state index in [0.29, 0.717) is 5.56 Å². The number of aromatic nitrogens is 1. The number of carbonyl (C=O) groups is 2. The Morgan fingerprint density at radius 3 is 2.67 bits per heavy atom. The van der Waals surface area contributed by atoms with Gasteiger partial charge in [-0.1, -0.05) is 18.2 Å². The van der Waals surface area contributed by atoms with Crippen LogP contribution >= 0.6 is 12.4 Å². The largest absolute Gasteiger partial charge is 0.370 e. The molecule has 8 heteroatoms. The minimum atomic E-state index is -0.468. The maximum Gasteiger partial charge on any atom is 0.260 e. The van der Waals surface area contributed by atoms with Gasteiger partial charge in [0.2, 0.25) is 5.91 Å². The fraction of sp³-hybridized carbons (Fsp3) is 0.154. The van der Waals surface area contributed by atoms with Crippen LogP contribution in [-0.4, -0.2) is 29.3 Å². The first-order valence-electron chi connectivity index (χ1n) is 6.03. The molecule has 0 aliphatic rings. The number of primary amides is 1. The van der Waals surface area contributed by atoms with Crippen molar-refractivity contribution < 1.29 is 9.59 Å². The predicted molar refractivity (Wildman–Crippen MR) is 83.3 cm³/mol. The van der Waals surface area contributed by atoms with E-state index in [4.69, 9.17) is 11.5 Å². The van der Waals surface area contributed by atoms with E-state index in [0.717, 1.165) is 10.9 Å². The van der Waals surface area contributed by atoms with E-state index >= 15 is 0 Å². The molecule has 0 spiro atoms. The van der Waals surface area contributed by atoms with Crippen LogP contribution in [0.3, 0.4) is 0 Å². The van der Waals surface area contributed by atoms with Crippen LogP contribution in [0.25, 0.3) is 10.9 Å². The summed E-state index contributed by atoms with van der Waals surface area (Å²) in [5.74, 6) is -0.867. The second kappa shape index (κ2) is 7.30. The molecule has 1 aromatic carbocycles. The third kappa shape index (κ3) is 4.22. The van der Waals surface area contributed by atoms with Gasteiger partial charge in [0.1, 0.15) is 0 Å². The van der Waals surface area contributed by atoms with Crippen molar-refractivity contribution >= 4 is 41.1 Å². The number of para-hydroxylation sites is 1. The molecule has 0 unspecified atom stereocenters. The van der Waals surface area contributed by atoms with Crippen molar-refractivity contribution in [3.63, 3.8) is 0 Å². The monoisotopic (exact) mass is 309 g/mol. The Balaban J connectivity index is 0.00000220. The Hall–Kier alpha value is -2.54. The van der Waals surface area contributed by atoms with E-state index in [-0.39, 0.29) is 37.2 Å². The molecule has 21 heavy (non-hydrogen) atoms. The van der Waals surface area contributed by atoms with E-state index in [1.807, 2.05) is 24.3 Å². The number of nitrogens with zero attached hydrogens (tertiary/aromatic N) is 1. The summed E-state index contributed by atoms with van der Waals surface area (Å²) >= 11 is 0. The third-order valence-electron chi connectivity index (χ3n) is 2.72. The molecule has 0 saturated heterocycles. The van der Waals surface area contributed by atoms with Crippen molar-refractivity contribution in [2.24, 2.45) is 16.5 Å². The number of halogens is 1. The lowest BCUT2D eigenvalue weighted by Gasteiger charge is -2.03. The molecule has 2 aromatic rings. The zero-order valence-corrected chi connectivity index (χ0v) is 11.9. The van der Waals surface area contributed by atoms with Gasteiger partial charge >= 0.3 is 0 Å². The summed E-state index contributed by atoms with van der Waals surface area (Å²) in [6.07, 6.45) is 1.69. The van der Waals surface area contributed by atoms with Gasteiger partial charge in [0.15, 0.2) is 5.96 Å². The molecule has 7 nitrogen and oxygen atoms in total. The standard InChI is InChI=1S/C13H15N5O2.ClH/c14-11(19)5-6-16-13(15)18-12(20)9-7-17-10-4-2-1-3-8(9)10;/h1-4,7,17H,5-6H2,(H2,14,19)(H3,15,16,18,20);1H. The number of benzene rings is 1. The first-order chi connectivity index (χ1) is 9.58. The molecule has 0 saturated carbocycles. The number of guanidine groups is 1. The van der Waals surface area contributed by atoms with E-state index in [9.17, 15) is 9.59 Å². The molecule has 2 rings (SSSR count). The number of H-pyrrole nitrogens is 1. The van der Waals surface area contributed by atoms with Gasteiger partial charge in [-0.2, -0.15) is 0 Å². The average Bonchev–Trinajstić information content (AvgIpc) is 2.82. The lowest BCUT2D eigenvalue weighted by Crippen LogP contribution is -2.37. The predicted octanol–water partition coefficient (Wildman–Crippen LogP) is 0.510. The normalized spacial score (nSPS) is 11.0. The number of fused-ring (bicyclic) bond motifs is 1. The summed E-state index contributed by atoms with van der Waals surface area (Å²) in [4.78, 5) is 29.4. The number of hydrogen-bond acceptors (Lipinski definition) is 3. The lowest BCUT2D eigenvalue weighted by molar-refractivity contribution is -0.117. The van der Waals surface area contributed by atoms with Crippen LogP contribution < -0.4 is 16.8 Å². The number of amides is 2. The maximum absolute atomic E-state index is 12.0. The van der Waals surface area contributed by atoms with Gasteiger partial charge in [-0.25, -0.2) is 0 Å². The van der Waals surface area contributed by atoms with Crippen molar-refractivity contribution in [3.05, 3.63) is 36.0 Å². The van der Waals surface area contributed by atoms with Crippen LogP contribution in [0.4, 0.5) is 0 Å². The first-order valence-corrected chi connectivity index (χ1v) is 6.03. The molecule has 6 N–H and O–H groups in total. The number of rotatable bonds is 4. The van der Waals surface area contributed by atoms with Crippen LogP contribution in [0.2, 0.25) is 0 Å². The summed E-state index contributed by atoms with van der Waals surface area (Å²) in [7, 11) is 0. The van der Waals surface area contributed by atoms with Gasteiger partial charge < -0.3 is 16.5 Å². The van der Waals surface area contributed by atoms with Crippen LogP contribution in [0.15, 0.2) is 35.5 Å². The Labute approximate surface area is 127 Å². The van der Waals surface area contributed by atoms with Crippen molar-refractivity contribution in [1.82, 2.24) is 10.3 Å². The summed E-state index contributed by atoms with van der Waals surface area (Å²) < 4.78 is 0. The molecule has 0 fully saturated rings. The summed E-state index contributed by atoms with van der Waals surface area (Å²) in [6, 6.07) is 7.43. The van der Waals surface area contributed by atoms with Crippen LogP contribution in [-0.2, 0) is 4.79 Å². The smallest absolute Gasteiger partial charge is 0.260 e. The highest BCUT2D eigenvalue weighted by Crippen LogP contribution is 2.17.